The molecule has 0 heterocycles. The van der Waals surface area contributed by atoms with Gasteiger partial charge in [-0.2, -0.15) is 0 Å². The lowest BCUT2D eigenvalue weighted by molar-refractivity contribution is -0.0479. The van der Waals surface area contributed by atoms with Crippen LogP contribution in [0.25, 0.3) is 0 Å². The molecule has 0 saturated heterocycles. The summed E-state index contributed by atoms with van der Waals surface area (Å²) in [7, 11) is 0. The molecule has 100 valence electrons. The molecule has 0 unspecified atom stereocenters. The van der Waals surface area contributed by atoms with Gasteiger partial charge >= 0.3 is 6.09 Å². The number of hydrogen-bond acceptors (Lipinski definition) is 4. The molecular weight excluding hydrogens is 222 g/mol. The summed E-state index contributed by atoms with van der Waals surface area (Å²) in [6, 6.07) is 0.0247. The fraction of sp³-hybridized carbons (Fsp3) is 0.917. The zero-order valence-electron chi connectivity index (χ0n) is 10.8. The normalized spacial score (nSPS) is 29.8. The Balaban J connectivity index is 2.34. The van der Waals surface area contributed by atoms with E-state index >= 15 is 0 Å². The fourth-order valence-corrected chi connectivity index (χ4v) is 1.93. The van der Waals surface area contributed by atoms with Crippen molar-refractivity contribution in [2.45, 2.75) is 63.7 Å². The van der Waals surface area contributed by atoms with E-state index in [1.54, 1.807) is 0 Å². The van der Waals surface area contributed by atoms with Crippen molar-refractivity contribution < 1.29 is 19.7 Å². The number of ether oxygens (including phenoxy) is 1. The Hall–Kier alpha value is -0.810. The minimum absolute atomic E-state index is 0.0247. The predicted molar refractivity (Wildman–Crippen MR) is 63.7 cm³/mol. The number of carbonyl (C=O) groups excluding carboxylic acids is 1. The zero-order chi connectivity index (χ0) is 13.1. The summed E-state index contributed by atoms with van der Waals surface area (Å²) in [5.74, 6) is 0. The number of carbonyl (C=O) groups is 1. The third kappa shape index (κ3) is 4.91. The molecule has 0 aromatic heterocycles. The molecule has 0 spiro atoms. The Morgan fingerprint density at radius 3 is 2.35 bits per heavy atom. The largest absolute Gasteiger partial charge is 0.444 e. The van der Waals surface area contributed by atoms with Crippen molar-refractivity contribution in [3.05, 3.63) is 0 Å². The van der Waals surface area contributed by atoms with Gasteiger partial charge in [0.15, 0.2) is 0 Å². The van der Waals surface area contributed by atoms with Gasteiger partial charge in [0, 0.05) is 6.04 Å². The highest BCUT2D eigenvalue weighted by Crippen LogP contribution is 2.27. The third-order valence-electron chi connectivity index (χ3n) is 2.93. The monoisotopic (exact) mass is 245 g/mol. The fourth-order valence-electron chi connectivity index (χ4n) is 1.93. The molecule has 1 rings (SSSR count). The Morgan fingerprint density at radius 2 is 1.94 bits per heavy atom. The van der Waals surface area contributed by atoms with Gasteiger partial charge in [-0.15, -0.1) is 0 Å². The number of rotatable bonds is 2. The van der Waals surface area contributed by atoms with E-state index in [0.717, 1.165) is 0 Å². The number of aliphatic hydroxyl groups excluding tert-OH is 1. The molecule has 0 aromatic carbocycles. The molecule has 1 saturated carbocycles. The maximum atomic E-state index is 11.5. The van der Waals surface area contributed by atoms with Crippen LogP contribution in [0, 0.1) is 0 Å². The lowest BCUT2D eigenvalue weighted by atomic mass is 9.83. The quantitative estimate of drug-likeness (QED) is 0.682. The molecule has 0 aliphatic heterocycles. The van der Waals surface area contributed by atoms with Crippen LogP contribution in [-0.4, -0.2) is 40.2 Å². The molecule has 17 heavy (non-hydrogen) atoms. The molecule has 1 aliphatic carbocycles. The molecule has 0 bridgehead atoms. The highest BCUT2D eigenvalue weighted by Gasteiger charge is 2.33. The van der Waals surface area contributed by atoms with E-state index in [1.807, 2.05) is 20.8 Å². The van der Waals surface area contributed by atoms with Crippen molar-refractivity contribution in [3.63, 3.8) is 0 Å². The van der Waals surface area contributed by atoms with Gasteiger partial charge in [0.2, 0.25) is 0 Å². The maximum Gasteiger partial charge on any atom is 0.407 e. The van der Waals surface area contributed by atoms with Crippen molar-refractivity contribution in [2.24, 2.45) is 0 Å². The molecule has 5 heteroatoms. The first-order chi connectivity index (χ1) is 7.74. The zero-order valence-corrected chi connectivity index (χ0v) is 10.8. The van der Waals surface area contributed by atoms with Crippen LogP contribution < -0.4 is 5.32 Å². The highest BCUT2D eigenvalue weighted by atomic mass is 16.6. The Kier molecular flexibility index (Phi) is 4.38. The van der Waals surface area contributed by atoms with Gasteiger partial charge in [-0.05, 0) is 46.5 Å². The second-order valence-electron chi connectivity index (χ2n) is 5.80. The van der Waals surface area contributed by atoms with Gasteiger partial charge < -0.3 is 20.3 Å². The number of hydrogen-bond donors (Lipinski definition) is 3. The summed E-state index contributed by atoms with van der Waals surface area (Å²) in [6.45, 7) is 5.24. The van der Waals surface area contributed by atoms with Crippen molar-refractivity contribution in [1.82, 2.24) is 5.32 Å². The maximum absolute atomic E-state index is 11.5. The summed E-state index contributed by atoms with van der Waals surface area (Å²) in [4.78, 5) is 11.5. The van der Waals surface area contributed by atoms with E-state index < -0.39 is 17.3 Å². The van der Waals surface area contributed by atoms with Crippen LogP contribution in [0.4, 0.5) is 4.79 Å². The number of alkyl carbamates (subject to hydrolysis) is 1. The van der Waals surface area contributed by atoms with Crippen LogP contribution in [0.5, 0.6) is 0 Å². The van der Waals surface area contributed by atoms with Gasteiger partial charge in [-0.1, -0.05) is 0 Å². The van der Waals surface area contributed by atoms with Crippen LogP contribution in [-0.2, 0) is 4.74 Å². The van der Waals surface area contributed by atoms with Gasteiger partial charge in [0.1, 0.15) is 5.60 Å². The van der Waals surface area contributed by atoms with Crippen molar-refractivity contribution in [2.75, 3.05) is 6.61 Å². The smallest absolute Gasteiger partial charge is 0.407 e. The Bertz CT molecular complexity index is 264. The molecule has 1 fully saturated rings. The van der Waals surface area contributed by atoms with E-state index in [1.165, 1.54) is 0 Å². The molecule has 0 aromatic rings. The lowest BCUT2D eigenvalue weighted by Crippen LogP contribution is -2.46. The van der Waals surface area contributed by atoms with E-state index in [-0.39, 0.29) is 12.6 Å². The molecule has 1 aliphatic rings. The van der Waals surface area contributed by atoms with Crippen molar-refractivity contribution in [1.29, 1.82) is 0 Å². The van der Waals surface area contributed by atoms with Gasteiger partial charge in [-0.3, -0.25) is 0 Å². The standard InChI is InChI=1S/C12H23NO4/c1-11(2,3)17-10(15)13-9-4-6-12(16,8-14)7-5-9/h9,14,16H,4-8H2,1-3H3,(H,13,15)/t9-,12-. The van der Waals surface area contributed by atoms with Crippen LogP contribution in [0.3, 0.4) is 0 Å². The first-order valence-corrected chi connectivity index (χ1v) is 6.07. The summed E-state index contributed by atoms with van der Waals surface area (Å²) in [6.07, 6.45) is 1.91. The molecular formula is C12H23NO4. The van der Waals surface area contributed by atoms with E-state index in [9.17, 15) is 9.90 Å². The van der Waals surface area contributed by atoms with E-state index in [2.05, 4.69) is 5.32 Å². The SMILES string of the molecule is CC(C)(C)OC(=O)N[C@H]1CC[C@@](O)(CO)CC1. The summed E-state index contributed by atoms with van der Waals surface area (Å²) in [5.41, 5.74) is -1.46. The Morgan fingerprint density at radius 1 is 1.41 bits per heavy atom. The topological polar surface area (TPSA) is 78.8 Å². The van der Waals surface area contributed by atoms with Crippen molar-refractivity contribution in [3.8, 4) is 0 Å². The van der Waals surface area contributed by atoms with Crippen LogP contribution in [0.2, 0.25) is 0 Å². The average molecular weight is 245 g/mol. The van der Waals surface area contributed by atoms with Crippen LogP contribution >= 0.6 is 0 Å². The van der Waals surface area contributed by atoms with Crippen molar-refractivity contribution >= 4 is 6.09 Å². The van der Waals surface area contributed by atoms with Gasteiger partial charge in [-0.25, -0.2) is 4.79 Å². The molecule has 0 radical (unpaired) electrons. The molecule has 1 amide bonds. The Labute approximate surface area is 102 Å². The first kappa shape index (κ1) is 14.3. The first-order valence-electron chi connectivity index (χ1n) is 6.07. The van der Waals surface area contributed by atoms with Gasteiger partial charge in [0.25, 0.3) is 0 Å². The number of amides is 1. The second-order valence-corrected chi connectivity index (χ2v) is 5.80. The molecule has 3 N–H and O–H groups in total. The summed E-state index contributed by atoms with van der Waals surface area (Å²) >= 11 is 0. The lowest BCUT2D eigenvalue weighted by Gasteiger charge is -2.35. The van der Waals surface area contributed by atoms with Crippen LogP contribution in [0.15, 0.2) is 0 Å². The molecule has 5 nitrogen and oxygen atoms in total. The number of aliphatic hydroxyl groups is 2. The minimum Gasteiger partial charge on any atom is -0.444 e. The summed E-state index contributed by atoms with van der Waals surface area (Å²) < 4.78 is 5.16. The van der Waals surface area contributed by atoms with E-state index in [4.69, 9.17) is 9.84 Å². The summed E-state index contributed by atoms with van der Waals surface area (Å²) in [5, 5.41) is 21.6. The second kappa shape index (κ2) is 5.23. The minimum atomic E-state index is -0.966. The average Bonchev–Trinajstić information content (AvgIpc) is 2.19. The third-order valence-corrected chi connectivity index (χ3v) is 2.93. The highest BCUT2D eigenvalue weighted by molar-refractivity contribution is 5.68. The molecule has 0 atom stereocenters. The number of nitrogens with one attached hydrogen (secondary N) is 1. The van der Waals surface area contributed by atoms with Gasteiger partial charge in [0.05, 0.1) is 12.2 Å². The van der Waals surface area contributed by atoms with Crippen LogP contribution in [0.1, 0.15) is 46.5 Å². The van der Waals surface area contributed by atoms with E-state index in [0.29, 0.717) is 25.7 Å². The predicted octanol–water partition coefficient (Wildman–Crippen LogP) is 1.18.